The van der Waals surface area contributed by atoms with Gasteiger partial charge in [-0.05, 0) is 18.6 Å². The zero-order valence-electron chi connectivity index (χ0n) is 13.1. The van der Waals surface area contributed by atoms with Crippen LogP contribution in [0.1, 0.15) is 5.56 Å². The maximum atomic E-state index is 12.4. The number of aromatic nitrogens is 2. The summed E-state index contributed by atoms with van der Waals surface area (Å²) < 4.78 is 24.8. The van der Waals surface area contributed by atoms with Gasteiger partial charge < -0.3 is 9.72 Å². The summed E-state index contributed by atoms with van der Waals surface area (Å²) in [5.41, 5.74) is 2.46. The molecule has 1 fully saturated rings. The first-order valence-corrected chi connectivity index (χ1v) is 9.11. The Morgan fingerprint density at radius 1 is 1.35 bits per heavy atom. The van der Waals surface area contributed by atoms with Crippen LogP contribution in [0, 0.1) is 6.92 Å². The third-order valence-electron chi connectivity index (χ3n) is 3.96. The van der Waals surface area contributed by atoms with Gasteiger partial charge in [-0.2, -0.15) is 0 Å². The minimum Gasteiger partial charge on any atom is -0.305 e. The van der Waals surface area contributed by atoms with Crippen molar-refractivity contribution in [2.24, 2.45) is 0 Å². The standard InChI is InChI=1S/C14H19N5O3S/c1-11-9-12(10-18-4-3-15-13(11)18)16-14(20)17(2)19-5-7-23(21,22)8-6-19/h3-4,9-10H,5-8H2,1-2H3,(H,16,20). The van der Waals surface area contributed by atoms with Gasteiger partial charge >= 0.3 is 6.03 Å². The van der Waals surface area contributed by atoms with Gasteiger partial charge in [0.2, 0.25) is 0 Å². The summed E-state index contributed by atoms with van der Waals surface area (Å²) in [6.07, 6.45) is 5.31. The van der Waals surface area contributed by atoms with E-state index in [2.05, 4.69) is 10.3 Å². The van der Waals surface area contributed by atoms with Crippen molar-refractivity contribution < 1.29 is 13.2 Å². The van der Waals surface area contributed by atoms with Crippen molar-refractivity contribution in [3.8, 4) is 0 Å². The number of amides is 2. The van der Waals surface area contributed by atoms with Crippen LogP contribution in [-0.4, -0.2) is 65.5 Å². The summed E-state index contributed by atoms with van der Waals surface area (Å²) >= 11 is 0. The molecule has 2 aromatic heterocycles. The van der Waals surface area contributed by atoms with E-state index in [0.717, 1.165) is 11.2 Å². The van der Waals surface area contributed by atoms with Crippen molar-refractivity contribution in [3.63, 3.8) is 0 Å². The number of nitrogens with one attached hydrogen (secondary N) is 1. The van der Waals surface area contributed by atoms with Crippen LogP contribution in [0.5, 0.6) is 0 Å². The number of hydrogen-bond donors (Lipinski definition) is 1. The number of nitrogens with zero attached hydrogens (tertiary/aromatic N) is 4. The number of aryl methyl sites for hydroxylation is 1. The summed E-state index contributed by atoms with van der Waals surface area (Å²) in [5.74, 6) is 0.148. The third kappa shape index (κ3) is 3.30. The lowest BCUT2D eigenvalue weighted by molar-refractivity contribution is 0.0512. The van der Waals surface area contributed by atoms with E-state index in [4.69, 9.17) is 0 Å². The fourth-order valence-electron chi connectivity index (χ4n) is 2.61. The Balaban J connectivity index is 1.70. The van der Waals surface area contributed by atoms with Crippen LogP contribution in [0.3, 0.4) is 0 Å². The molecule has 1 aliphatic rings. The third-order valence-corrected chi connectivity index (χ3v) is 5.57. The maximum Gasteiger partial charge on any atom is 0.336 e. The van der Waals surface area contributed by atoms with Crippen LogP contribution in [0.4, 0.5) is 10.5 Å². The summed E-state index contributed by atoms with van der Waals surface area (Å²) in [5, 5.41) is 6.00. The topological polar surface area (TPSA) is 87.0 Å². The van der Waals surface area contributed by atoms with Crippen molar-refractivity contribution in [2.45, 2.75) is 6.92 Å². The summed E-state index contributed by atoms with van der Waals surface area (Å²) in [4.78, 5) is 16.6. The zero-order chi connectivity index (χ0) is 16.6. The number of anilines is 1. The summed E-state index contributed by atoms with van der Waals surface area (Å²) in [6, 6.07) is 1.55. The Morgan fingerprint density at radius 2 is 2.04 bits per heavy atom. The van der Waals surface area contributed by atoms with Gasteiger partial charge in [-0.15, -0.1) is 0 Å². The average molecular weight is 337 g/mol. The highest BCUT2D eigenvalue weighted by atomic mass is 32.2. The molecule has 0 spiro atoms. The highest BCUT2D eigenvalue weighted by molar-refractivity contribution is 7.91. The van der Waals surface area contributed by atoms with Crippen molar-refractivity contribution in [1.29, 1.82) is 0 Å². The lowest BCUT2D eigenvalue weighted by Crippen LogP contribution is -2.52. The van der Waals surface area contributed by atoms with Gasteiger partial charge in [-0.1, -0.05) is 0 Å². The van der Waals surface area contributed by atoms with E-state index in [1.54, 1.807) is 24.5 Å². The number of hydrogen-bond acceptors (Lipinski definition) is 5. The number of urea groups is 1. The SMILES string of the molecule is Cc1cc(NC(=O)N(C)N2CCS(=O)(=O)CC2)cn2ccnc12. The van der Waals surface area contributed by atoms with Gasteiger partial charge in [0, 0.05) is 38.7 Å². The molecule has 2 amide bonds. The van der Waals surface area contributed by atoms with E-state index in [0.29, 0.717) is 18.8 Å². The molecule has 0 aliphatic carbocycles. The molecule has 0 radical (unpaired) electrons. The van der Waals surface area contributed by atoms with E-state index >= 15 is 0 Å². The molecule has 0 atom stereocenters. The van der Waals surface area contributed by atoms with Crippen molar-refractivity contribution in [3.05, 3.63) is 30.2 Å². The summed E-state index contributed by atoms with van der Waals surface area (Å²) in [6.45, 7) is 2.58. The second-order valence-electron chi connectivity index (χ2n) is 5.63. The number of fused-ring (bicyclic) bond motifs is 1. The van der Waals surface area contributed by atoms with Gasteiger partial charge in [0.15, 0.2) is 9.84 Å². The molecule has 0 aromatic carbocycles. The normalized spacial score (nSPS) is 18.0. The van der Waals surface area contributed by atoms with Gasteiger partial charge in [0.1, 0.15) is 5.65 Å². The number of carbonyl (C=O) groups excluding carboxylic acids is 1. The quantitative estimate of drug-likeness (QED) is 0.874. The molecule has 0 bridgehead atoms. The number of rotatable bonds is 2. The second-order valence-corrected chi connectivity index (χ2v) is 7.93. The first-order chi connectivity index (χ1) is 10.9. The second kappa shape index (κ2) is 5.82. The van der Waals surface area contributed by atoms with E-state index in [-0.39, 0.29) is 17.5 Å². The Labute approximate surface area is 134 Å². The predicted octanol–water partition coefficient (Wildman–Crippen LogP) is 0.752. The number of pyridine rings is 1. The van der Waals surface area contributed by atoms with E-state index in [9.17, 15) is 13.2 Å². The Bertz CT molecular complexity index is 831. The number of imidazole rings is 1. The molecular weight excluding hydrogens is 318 g/mol. The van der Waals surface area contributed by atoms with Gasteiger partial charge in [0.25, 0.3) is 0 Å². The first-order valence-electron chi connectivity index (χ1n) is 7.29. The van der Waals surface area contributed by atoms with Crippen molar-refractivity contribution >= 4 is 27.2 Å². The minimum absolute atomic E-state index is 0.0741. The molecule has 1 saturated heterocycles. The first kappa shape index (κ1) is 15.8. The van der Waals surface area contributed by atoms with Gasteiger partial charge in [0.05, 0.1) is 17.2 Å². The molecule has 1 N–H and O–H groups in total. The minimum atomic E-state index is -2.97. The molecule has 3 rings (SSSR count). The predicted molar refractivity (Wildman–Crippen MR) is 86.9 cm³/mol. The van der Waals surface area contributed by atoms with Crippen molar-refractivity contribution in [2.75, 3.05) is 37.0 Å². The lowest BCUT2D eigenvalue weighted by atomic mass is 10.3. The van der Waals surface area contributed by atoms with Crippen LogP contribution in [-0.2, 0) is 9.84 Å². The van der Waals surface area contributed by atoms with Gasteiger partial charge in [-0.3, -0.25) is 5.01 Å². The van der Waals surface area contributed by atoms with E-state index < -0.39 is 9.84 Å². The molecule has 23 heavy (non-hydrogen) atoms. The number of sulfone groups is 1. The molecule has 1 aliphatic heterocycles. The maximum absolute atomic E-state index is 12.4. The molecular formula is C14H19N5O3S. The highest BCUT2D eigenvalue weighted by Gasteiger charge is 2.26. The zero-order valence-corrected chi connectivity index (χ0v) is 13.9. The van der Waals surface area contributed by atoms with E-state index in [1.807, 2.05) is 23.6 Å². The fourth-order valence-corrected chi connectivity index (χ4v) is 3.79. The van der Waals surface area contributed by atoms with Crippen LogP contribution >= 0.6 is 0 Å². The molecule has 9 heteroatoms. The van der Waals surface area contributed by atoms with Gasteiger partial charge in [-0.25, -0.2) is 23.2 Å². The average Bonchev–Trinajstić information content (AvgIpc) is 2.95. The molecule has 8 nitrogen and oxygen atoms in total. The smallest absolute Gasteiger partial charge is 0.305 e. The molecule has 0 unspecified atom stereocenters. The Morgan fingerprint density at radius 3 is 2.74 bits per heavy atom. The molecule has 124 valence electrons. The Kier molecular flexibility index (Phi) is 3.99. The van der Waals surface area contributed by atoms with E-state index in [1.165, 1.54) is 5.01 Å². The summed E-state index contributed by atoms with van der Waals surface area (Å²) in [7, 11) is -1.33. The van der Waals surface area contributed by atoms with Crippen molar-refractivity contribution in [1.82, 2.24) is 19.4 Å². The number of carbonyl (C=O) groups is 1. The monoisotopic (exact) mass is 337 g/mol. The Hall–Kier alpha value is -2.13. The largest absolute Gasteiger partial charge is 0.336 e. The fraction of sp³-hybridized carbons (Fsp3) is 0.429. The molecule has 0 saturated carbocycles. The molecule has 3 heterocycles. The van der Waals surface area contributed by atoms with Crippen LogP contribution in [0.15, 0.2) is 24.7 Å². The van der Waals surface area contributed by atoms with Crippen LogP contribution in [0.25, 0.3) is 5.65 Å². The number of hydrazine groups is 1. The van der Waals surface area contributed by atoms with Crippen LogP contribution < -0.4 is 5.32 Å². The highest BCUT2D eigenvalue weighted by Crippen LogP contribution is 2.16. The lowest BCUT2D eigenvalue weighted by Gasteiger charge is -2.34. The van der Waals surface area contributed by atoms with Crippen LogP contribution in [0.2, 0.25) is 0 Å². The molecule has 2 aromatic rings.